The number of nitrogens with zero attached hydrogens (tertiary/aromatic N) is 2. The molecule has 3 amide bonds. The molecule has 0 aliphatic carbocycles. The number of amides is 3. The number of carbonyl (C=O) groups excluding carboxylic acids is 2. The minimum absolute atomic E-state index is 0.0356. The van der Waals surface area contributed by atoms with Crippen LogP contribution in [-0.4, -0.2) is 61.1 Å². The summed E-state index contributed by atoms with van der Waals surface area (Å²) in [4.78, 5) is 27.9. The lowest BCUT2D eigenvalue weighted by Gasteiger charge is -2.33. The molecule has 0 radical (unpaired) electrons. The molecule has 1 aromatic carbocycles. The Kier molecular flexibility index (Phi) is 6.46. The van der Waals surface area contributed by atoms with Crippen molar-refractivity contribution in [3.8, 4) is 5.75 Å². The van der Waals surface area contributed by atoms with Crippen molar-refractivity contribution in [2.45, 2.75) is 32.7 Å². The van der Waals surface area contributed by atoms with E-state index in [0.717, 1.165) is 18.6 Å². The second-order valence-electron chi connectivity index (χ2n) is 5.99. The number of rotatable bonds is 5. The normalized spacial score (nSPS) is 15.0. The molecule has 0 atom stereocenters. The van der Waals surface area contributed by atoms with Gasteiger partial charge in [-0.1, -0.05) is 0 Å². The van der Waals surface area contributed by atoms with Gasteiger partial charge in [-0.2, -0.15) is 0 Å². The molecule has 0 saturated carbocycles. The predicted octanol–water partition coefficient (Wildman–Crippen LogP) is 2.35. The molecule has 1 aliphatic rings. The molecular weight excluding hydrogens is 306 g/mol. The molecule has 1 aliphatic heterocycles. The lowest BCUT2D eigenvalue weighted by Crippen LogP contribution is -2.49. The van der Waals surface area contributed by atoms with E-state index in [1.54, 1.807) is 24.1 Å². The van der Waals surface area contributed by atoms with Gasteiger partial charge in [-0.05, 0) is 51.0 Å². The fourth-order valence-corrected chi connectivity index (χ4v) is 2.70. The van der Waals surface area contributed by atoms with Crippen LogP contribution >= 0.6 is 0 Å². The summed E-state index contributed by atoms with van der Waals surface area (Å²) in [5, 5.41) is 3.02. The molecule has 24 heavy (non-hydrogen) atoms. The van der Waals surface area contributed by atoms with Gasteiger partial charge in [0.2, 0.25) is 0 Å². The Morgan fingerprint density at radius 2 is 1.83 bits per heavy atom. The van der Waals surface area contributed by atoms with Gasteiger partial charge in [0.1, 0.15) is 5.75 Å². The summed E-state index contributed by atoms with van der Waals surface area (Å²) in [6.07, 6.45) is 1.57. The van der Waals surface area contributed by atoms with E-state index >= 15 is 0 Å². The summed E-state index contributed by atoms with van der Waals surface area (Å²) in [6, 6.07) is 7.34. The van der Waals surface area contributed by atoms with Gasteiger partial charge < -0.3 is 19.9 Å². The number of carbonyl (C=O) groups is 2. The first-order valence-corrected chi connectivity index (χ1v) is 8.58. The van der Waals surface area contributed by atoms with Crippen molar-refractivity contribution in [2.24, 2.45) is 0 Å². The molecule has 1 saturated heterocycles. The highest BCUT2D eigenvalue weighted by atomic mass is 16.5. The summed E-state index contributed by atoms with van der Waals surface area (Å²) in [6.45, 7) is 6.48. The van der Waals surface area contributed by atoms with Crippen LogP contribution in [0.15, 0.2) is 24.3 Å². The topological polar surface area (TPSA) is 61.9 Å². The molecule has 2 rings (SSSR count). The zero-order valence-electron chi connectivity index (χ0n) is 14.7. The van der Waals surface area contributed by atoms with E-state index < -0.39 is 0 Å². The molecule has 1 heterocycles. The van der Waals surface area contributed by atoms with Gasteiger partial charge in [0.25, 0.3) is 5.91 Å². The third-order valence-corrected chi connectivity index (χ3v) is 4.34. The quantitative estimate of drug-likeness (QED) is 0.900. The molecule has 0 spiro atoms. The minimum Gasteiger partial charge on any atom is -0.494 e. The maximum atomic E-state index is 12.5. The molecule has 1 fully saturated rings. The van der Waals surface area contributed by atoms with E-state index in [0.29, 0.717) is 31.8 Å². The van der Waals surface area contributed by atoms with E-state index in [1.165, 1.54) is 0 Å². The van der Waals surface area contributed by atoms with Gasteiger partial charge in [0, 0.05) is 38.3 Å². The van der Waals surface area contributed by atoms with Crippen molar-refractivity contribution in [1.29, 1.82) is 0 Å². The number of hydrogen-bond donors (Lipinski definition) is 1. The predicted molar refractivity (Wildman–Crippen MR) is 93.4 cm³/mol. The SMILES string of the molecule is CCOc1ccc(C(=O)N2CCC(NC(=O)N(C)CC)CC2)cc1. The number of benzene rings is 1. The summed E-state index contributed by atoms with van der Waals surface area (Å²) >= 11 is 0. The molecule has 1 aromatic rings. The monoisotopic (exact) mass is 333 g/mol. The second kappa shape index (κ2) is 8.57. The molecule has 0 unspecified atom stereocenters. The minimum atomic E-state index is -0.0474. The fourth-order valence-electron chi connectivity index (χ4n) is 2.70. The maximum Gasteiger partial charge on any atom is 0.317 e. The Morgan fingerprint density at radius 1 is 1.21 bits per heavy atom. The summed E-state index contributed by atoms with van der Waals surface area (Å²) in [5.74, 6) is 0.809. The van der Waals surface area contributed by atoms with Gasteiger partial charge in [-0.3, -0.25) is 4.79 Å². The molecule has 6 nitrogen and oxygen atoms in total. The van der Waals surface area contributed by atoms with E-state index in [9.17, 15) is 9.59 Å². The lowest BCUT2D eigenvalue weighted by molar-refractivity contribution is 0.0707. The molecule has 1 N–H and O–H groups in total. The van der Waals surface area contributed by atoms with E-state index in [2.05, 4.69) is 5.32 Å². The summed E-state index contributed by atoms with van der Waals surface area (Å²) in [5.41, 5.74) is 0.673. The van der Waals surface area contributed by atoms with Gasteiger partial charge in [-0.15, -0.1) is 0 Å². The van der Waals surface area contributed by atoms with Crippen LogP contribution in [0.1, 0.15) is 37.0 Å². The van der Waals surface area contributed by atoms with Crippen molar-refractivity contribution in [3.63, 3.8) is 0 Å². The standard InChI is InChI=1S/C18H27N3O3/c1-4-20(3)18(23)19-15-10-12-21(13-11-15)17(22)14-6-8-16(9-7-14)24-5-2/h6-9,15H,4-5,10-13H2,1-3H3,(H,19,23). The van der Waals surface area contributed by atoms with Crippen molar-refractivity contribution in [2.75, 3.05) is 33.3 Å². The first-order valence-electron chi connectivity index (χ1n) is 8.58. The van der Waals surface area contributed by atoms with Gasteiger partial charge >= 0.3 is 6.03 Å². The van der Waals surface area contributed by atoms with Crippen molar-refractivity contribution >= 4 is 11.9 Å². The fraction of sp³-hybridized carbons (Fsp3) is 0.556. The van der Waals surface area contributed by atoms with E-state index in [-0.39, 0.29) is 18.0 Å². The number of piperidine rings is 1. The average molecular weight is 333 g/mol. The van der Waals surface area contributed by atoms with Crippen molar-refractivity contribution in [3.05, 3.63) is 29.8 Å². The van der Waals surface area contributed by atoms with Crippen LogP contribution in [0.25, 0.3) is 0 Å². The zero-order chi connectivity index (χ0) is 17.5. The van der Waals surface area contributed by atoms with Gasteiger partial charge in [0.15, 0.2) is 0 Å². The summed E-state index contributed by atoms with van der Waals surface area (Å²) in [7, 11) is 1.78. The highest BCUT2D eigenvalue weighted by Gasteiger charge is 2.25. The number of urea groups is 1. The van der Waals surface area contributed by atoms with E-state index in [1.807, 2.05) is 30.9 Å². The first kappa shape index (κ1) is 18.1. The van der Waals surface area contributed by atoms with Crippen LogP contribution in [-0.2, 0) is 0 Å². The van der Waals surface area contributed by atoms with Gasteiger partial charge in [0.05, 0.1) is 6.61 Å². The Morgan fingerprint density at radius 3 is 2.38 bits per heavy atom. The Bertz CT molecular complexity index is 551. The first-order chi connectivity index (χ1) is 11.5. The molecule has 0 bridgehead atoms. The number of ether oxygens (including phenoxy) is 1. The van der Waals surface area contributed by atoms with Crippen LogP contribution in [0, 0.1) is 0 Å². The average Bonchev–Trinajstić information content (AvgIpc) is 2.62. The van der Waals surface area contributed by atoms with Crippen molar-refractivity contribution < 1.29 is 14.3 Å². The third kappa shape index (κ3) is 4.63. The number of nitrogens with one attached hydrogen (secondary N) is 1. The number of likely N-dealkylation sites (tertiary alicyclic amines) is 1. The van der Waals surface area contributed by atoms with Gasteiger partial charge in [-0.25, -0.2) is 4.79 Å². The van der Waals surface area contributed by atoms with Crippen LogP contribution < -0.4 is 10.1 Å². The second-order valence-corrected chi connectivity index (χ2v) is 5.99. The molecule has 0 aromatic heterocycles. The third-order valence-electron chi connectivity index (χ3n) is 4.34. The van der Waals surface area contributed by atoms with Crippen LogP contribution in [0.5, 0.6) is 5.75 Å². The largest absolute Gasteiger partial charge is 0.494 e. The van der Waals surface area contributed by atoms with Crippen molar-refractivity contribution in [1.82, 2.24) is 15.1 Å². The highest BCUT2D eigenvalue weighted by molar-refractivity contribution is 5.94. The Balaban J connectivity index is 1.85. The maximum absolute atomic E-state index is 12.5. The molecular formula is C18H27N3O3. The smallest absolute Gasteiger partial charge is 0.317 e. The zero-order valence-corrected chi connectivity index (χ0v) is 14.7. The van der Waals surface area contributed by atoms with E-state index in [4.69, 9.17) is 4.74 Å². The summed E-state index contributed by atoms with van der Waals surface area (Å²) < 4.78 is 5.40. The van der Waals surface area contributed by atoms with Crippen LogP contribution in [0.4, 0.5) is 4.79 Å². The highest BCUT2D eigenvalue weighted by Crippen LogP contribution is 2.17. The molecule has 132 valence electrons. The lowest BCUT2D eigenvalue weighted by atomic mass is 10.0. The Labute approximate surface area is 143 Å². The Hall–Kier alpha value is -2.24. The molecule has 6 heteroatoms. The van der Waals surface area contributed by atoms with Crippen LogP contribution in [0.3, 0.4) is 0 Å². The van der Waals surface area contributed by atoms with Crippen LogP contribution in [0.2, 0.25) is 0 Å². The number of hydrogen-bond acceptors (Lipinski definition) is 3.